The topological polar surface area (TPSA) is 42.0 Å². The smallest absolute Gasteiger partial charge is 0.270 e. The number of hydrogen-bond acceptors (Lipinski definition) is 2. The maximum absolute atomic E-state index is 13.7. The van der Waals surface area contributed by atoms with Crippen molar-refractivity contribution in [2.24, 2.45) is 0 Å². The predicted octanol–water partition coefficient (Wildman–Crippen LogP) is 4.00. The Morgan fingerprint density at radius 2 is 1.87 bits per heavy atom. The lowest BCUT2D eigenvalue weighted by atomic mass is 10.1. The van der Waals surface area contributed by atoms with Crippen molar-refractivity contribution in [3.63, 3.8) is 0 Å². The molecule has 5 heteroatoms. The third kappa shape index (κ3) is 3.18. The first kappa shape index (κ1) is 15.1. The van der Waals surface area contributed by atoms with E-state index in [0.29, 0.717) is 5.52 Å². The molecule has 2 aromatic carbocycles. The van der Waals surface area contributed by atoms with Gasteiger partial charge in [-0.2, -0.15) is 0 Å². The molecule has 1 atom stereocenters. The van der Waals surface area contributed by atoms with Crippen LogP contribution in [-0.2, 0) is 0 Å². The number of amides is 1. The fourth-order valence-corrected chi connectivity index (χ4v) is 2.39. The van der Waals surface area contributed by atoms with E-state index in [0.717, 1.165) is 23.6 Å². The first-order chi connectivity index (χ1) is 11.0. The zero-order valence-corrected chi connectivity index (χ0v) is 12.4. The predicted molar refractivity (Wildman–Crippen MR) is 84.0 cm³/mol. The van der Waals surface area contributed by atoms with E-state index in [1.807, 2.05) is 24.3 Å². The maximum Gasteiger partial charge on any atom is 0.270 e. The quantitative estimate of drug-likeness (QED) is 0.794. The Bertz CT molecular complexity index is 880. The molecule has 0 fully saturated rings. The highest BCUT2D eigenvalue weighted by Crippen LogP contribution is 2.19. The number of carbonyl (C=O) groups excluding carboxylic acids is 1. The van der Waals surface area contributed by atoms with Gasteiger partial charge in [0.2, 0.25) is 0 Å². The molecular formula is C18H14F2N2O. The van der Waals surface area contributed by atoms with Crippen molar-refractivity contribution in [1.29, 1.82) is 0 Å². The lowest BCUT2D eigenvalue weighted by Crippen LogP contribution is -2.28. The Kier molecular flexibility index (Phi) is 4.02. The number of aromatic nitrogens is 1. The zero-order chi connectivity index (χ0) is 16.4. The van der Waals surface area contributed by atoms with E-state index in [9.17, 15) is 13.6 Å². The average molecular weight is 312 g/mol. The van der Waals surface area contributed by atoms with Gasteiger partial charge in [-0.05, 0) is 37.3 Å². The van der Waals surface area contributed by atoms with Crippen LogP contribution < -0.4 is 5.32 Å². The van der Waals surface area contributed by atoms with Gasteiger partial charge in [0.25, 0.3) is 5.91 Å². The van der Waals surface area contributed by atoms with Crippen molar-refractivity contribution in [2.75, 3.05) is 0 Å². The highest BCUT2D eigenvalue weighted by molar-refractivity contribution is 5.95. The minimum Gasteiger partial charge on any atom is -0.344 e. The monoisotopic (exact) mass is 312 g/mol. The molecule has 3 rings (SSSR count). The van der Waals surface area contributed by atoms with Gasteiger partial charge in [0.1, 0.15) is 17.3 Å². The Morgan fingerprint density at radius 1 is 1.09 bits per heavy atom. The lowest BCUT2D eigenvalue weighted by molar-refractivity contribution is 0.0934. The first-order valence-electron chi connectivity index (χ1n) is 7.16. The standard InChI is InChI=1S/C18H14F2N2O/c1-11(14-10-13(19)7-8-15(14)20)21-18(23)17-9-6-12-4-2-3-5-16(12)22-17/h2-11H,1H3,(H,21,23). The van der Waals surface area contributed by atoms with Crippen LogP contribution in [0.15, 0.2) is 54.6 Å². The van der Waals surface area contributed by atoms with Crippen LogP contribution in [0.25, 0.3) is 10.9 Å². The number of pyridine rings is 1. The summed E-state index contributed by atoms with van der Waals surface area (Å²) >= 11 is 0. The summed E-state index contributed by atoms with van der Waals surface area (Å²) in [6, 6.07) is 13.3. The van der Waals surface area contributed by atoms with E-state index in [1.165, 1.54) is 0 Å². The van der Waals surface area contributed by atoms with Crippen LogP contribution in [-0.4, -0.2) is 10.9 Å². The summed E-state index contributed by atoms with van der Waals surface area (Å²) in [5.74, 6) is -1.55. The number of carbonyl (C=O) groups is 1. The summed E-state index contributed by atoms with van der Waals surface area (Å²) in [5.41, 5.74) is 1.02. The summed E-state index contributed by atoms with van der Waals surface area (Å²) in [4.78, 5) is 16.6. The van der Waals surface area contributed by atoms with Gasteiger partial charge in [0, 0.05) is 10.9 Å². The van der Waals surface area contributed by atoms with Gasteiger partial charge in [0.15, 0.2) is 0 Å². The SMILES string of the molecule is CC(NC(=O)c1ccc2ccccc2n1)c1cc(F)ccc1F. The molecule has 0 radical (unpaired) electrons. The average Bonchev–Trinajstić information content (AvgIpc) is 2.56. The number of rotatable bonds is 3. The number of halogens is 2. The minimum absolute atomic E-state index is 0.0964. The molecule has 0 saturated carbocycles. The van der Waals surface area contributed by atoms with Crippen molar-refractivity contribution in [3.8, 4) is 0 Å². The summed E-state index contributed by atoms with van der Waals surface area (Å²) < 4.78 is 27.0. The number of benzene rings is 2. The Balaban J connectivity index is 1.83. The third-order valence-electron chi connectivity index (χ3n) is 3.60. The van der Waals surface area contributed by atoms with Gasteiger partial charge in [-0.15, -0.1) is 0 Å². The van der Waals surface area contributed by atoms with Crippen molar-refractivity contribution in [2.45, 2.75) is 13.0 Å². The van der Waals surface area contributed by atoms with Gasteiger partial charge in [-0.1, -0.05) is 24.3 Å². The lowest BCUT2D eigenvalue weighted by Gasteiger charge is -2.15. The third-order valence-corrected chi connectivity index (χ3v) is 3.60. The molecule has 1 amide bonds. The van der Waals surface area contributed by atoms with E-state index in [2.05, 4.69) is 10.3 Å². The number of nitrogens with zero attached hydrogens (tertiary/aromatic N) is 1. The van der Waals surface area contributed by atoms with E-state index >= 15 is 0 Å². The Morgan fingerprint density at radius 3 is 2.70 bits per heavy atom. The molecule has 1 aromatic heterocycles. The maximum atomic E-state index is 13.7. The van der Waals surface area contributed by atoms with Crippen molar-refractivity contribution in [3.05, 3.63) is 77.5 Å². The Hall–Kier alpha value is -2.82. The second-order valence-corrected chi connectivity index (χ2v) is 5.25. The molecule has 0 spiro atoms. The van der Waals surface area contributed by atoms with Crippen LogP contribution in [0.5, 0.6) is 0 Å². The van der Waals surface area contributed by atoms with Crippen molar-refractivity contribution in [1.82, 2.24) is 10.3 Å². The summed E-state index contributed by atoms with van der Waals surface area (Å²) in [6.45, 7) is 1.59. The zero-order valence-electron chi connectivity index (χ0n) is 12.4. The molecular weight excluding hydrogens is 298 g/mol. The molecule has 23 heavy (non-hydrogen) atoms. The van der Waals surface area contributed by atoms with Gasteiger partial charge in [-0.25, -0.2) is 13.8 Å². The number of hydrogen-bond donors (Lipinski definition) is 1. The molecule has 0 aliphatic heterocycles. The van der Waals surface area contributed by atoms with E-state index in [-0.39, 0.29) is 11.3 Å². The molecule has 0 saturated heterocycles. The summed E-state index contributed by atoms with van der Waals surface area (Å²) in [7, 11) is 0. The van der Waals surface area contributed by atoms with E-state index in [1.54, 1.807) is 19.1 Å². The summed E-state index contributed by atoms with van der Waals surface area (Å²) in [6.07, 6.45) is 0. The fraction of sp³-hybridized carbons (Fsp3) is 0.111. The highest BCUT2D eigenvalue weighted by atomic mass is 19.1. The molecule has 3 nitrogen and oxygen atoms in total. The normalized spacial score (nSPS) is 12.1. The fourth-order valence-electron chi connectivity index (χ4n) is 2.39. The van der Waals surface area contributed by atoms with E-state index in [4.69, 9.17) is 0 Å². The van der Waals surface area contributed by atoms with Crippen LogP contribution >= 0.6 is 0 Å². The van der Waals surface area contributed by atoms with Gasteiger partial charge in [0.05, 0.1) is 11.6 Å². The highest BCUT2D eigenvalue weighted by Gasteiger charge is 2.16. The minimum atomic E-state index is -0.675. The van der Waals surface area contributed by atoms with Crippen LogP contribution in [0, 0.1) is 11.6 Å². The van der Waals surface area contributed by atoms with Gasteiger partial charge >= 0.3 is 0 Å². The summed E-state index contributed by atoms with van der Waals surface area (Å²) in [5, 5.41) is 3.56. The van der Waals surface area contributed by atoms with Crippen LogP contribution in [0.2, 0.25) is 0 Å². The van der Waals surface area contributed by atoms with Gasteiger partial charge in [-0.3, -0.25) is 4.79 Å². The van der Waals surface area contributed by atoms with Crippen LogP contribution in [0.4, 0.5) is 8.78 Å². The second kappa shape index (κ2) is 6.12. The van der Waals surface area contributed by atoms with Crippen molar-refractivity contribution >= 4 is 16.8 Å². The Labute approximate surface area is 132 Å². The number of fused-ring (bicyclic) bond motifs is 1. The molecule has 0 aliphatic rings. The number of nitrogens with one attached hydrogen (secondary N) is 1. The largest absolute Gasteiger partial charge is 0.344 e. The molecule has 0 aliphatic carbocycles. The van der Waals surface area contributed by atoms with E-state index < -0.39 is 23.6 Å². The second-order valence-electron chi connectivity index (χ2n) is 5.25. The van der Waals surface area contributed by atoms with Gasteiger partial charge < -0.3 is 5.32 Å². The molecule has 1 unspecified atom stereocenters. The van der Waals surface area contributed by atoms with Crippen LogP contribution in [0.3, 0.4) is 0 Å². The molecule has 116 valence electrons. The molecule has 0 bridgehead atoms. The first-order valence-corrected chi connectivity index (χ1v) is 7.16. The molecule has 1 N–H and O–H groups in total. The molecule has 3 aromatic rings. The van der Waals surface area contributed by atoms with Crippen LogP contribution in [0.1, 0.15) is 29.0 Å². The molecule has 1 heterocycles. The number of para-hydroxylation sites is 1. The van der Waals surface area contributed by atoms with Crippen molar-refractivity contribution < 1.29 is 13.6 Å².